The Morgan fingerprint density at radius 2 is 1.08 bits per heavy atom. The van der Waals surface area contributed by atoms with Crippen molar-refractivity contribution in [2.24, 2.45) is 0 Å². The van der Waals surface area contributed by atoms with Crippen LogP contribution in [-0.2, 0) is 0 Å². The van der Waals surface area contributed by atoms with Gasteiger partial charge in [-0.25, -0.2) is 0 Å². The summed E-state index contributed by atoms with van der Waals surface area (Å²) in [5.74, 6) is 0. The third-order valence-electron chi connectivity index (χ3n) is 3.01. The van der Waals surface area contributed by atoms with E-state index >= 15 is 0 Å². The van der Waals surface area contributed by atoms with Gasteiger partial charge < -0.3 is 0 Å². The van der Waals surface area contributed by atoms with Gasteiger partial charge in [0.2, 0.25) is 0 Å². The van der Waals surface area contributed by atoms with E-state index in [-0.39, 0.29) is 0 Å². The largest absolute Gasteiger partial charge is 0.104 e. The molecule has 0 nitrogen and oxygen atoms in total. The van der Waals surface area contributed by atoms with Crippen molar-refractivity contribution in [3.05, 3.63) is 33.9 Å². The SMILES string of the molecule is C[Si]1(C)C=CC2=C1C=C[Si]2(C)C. The lowest BCUT2D eigenvalue weighted by molar-refractivity contribution is 1.73. The van der Waals surface area contributed by atoms with Crippen molar-refractivity contribution in [1.29, 1.82) is 0 Å². The fraction of sp³-hybridized carbons (Fsp3) is 0.400. The Hall–Kier alpha value is -0.346. The molecule has 0 unspecified atom stereocenters. The Balaban J connectivity index is 2.53. The molecule has 0 aromatic carbocycles. The van der Waals surface area contributed by atoms with Crippen LogP contribution in [0, 0.1) is 0 Å². The lowest BCUT2D eigenvalue weighted by Crippen LogP contribution is -2.25. The summed E-state index contributed by atoms with van der Waals surface area (Å²) in [5.41, 5.74) is 4.96. The Bertz CT molecular complexity index is 285. The quantitative estimate of drug-likeness (QED) is 0.518. The van der Waals surface area contributed by atoms with Crippen molar-refractivity contribution in [2.45, 2.75) is 26.2 Å². The van der Waals surface area contributed by atoms with Gasteiger partial charge in [-0.3, -0.25) is 0 Å². The van der Waals surface area contributed by atoms with Gasteiger partial charge in [-0.15, -0.1) is 0 Å². The molecule has 0 radical (unpaired) electrons. The van der Waals surface area contributed by atoms with Gasteiger partial charge in [0.1, 0.15) is 16.1 Å². The monoisotopic (exact) mass is 192 g/mol. The van der Waals surface area contributed by atoms with Gasteiger partial charge in [0, 0.05) is 0 Å². The highest BCUT2D eigenvalue weighted by Gasteiger charge is 2.38. The zero-order chi connectivity index (χ0) is 8.98. The van der Waals surface area contributed by atoms with Crippen LogP contribution in [-0.4, -0.2) is 16.1 Å². The summed E-state index contributed by atoms with van der Waals surface area (Å²) in [7, 11) is -2.22. The summed E-state index contributed by atoms with van der Waals surface area (Å²) < 4.78 is 0. The highest BCUT2D eigenvalue weighted by Crippen LogP contribution is 2.38. The molecule has 2 rings (SSSR count). The second-order valence-corrected chi connectivity index (χ2v) is 13.6. The predicted molar refractivity (Wildman–Crippen MR) is 60.3 cm³/mol. The molecular weight excluding hydrogens is 176 g/mol. The van der Waals surface area contributed by atoms with Crippen LogP contribution >= 0.6 is 0 Å². The van der Waals surface area contributed by atoms with E-state index < -0.39 is 16.1 Å². The minimum Gasteiger partial charge on any atom is -0.0904 e. The van der Waals surface area contributed by atoms with Crippen molar-refractivity contribution >= 4 is 16.1 Å². The normalized spacial score (nSPS) is 28.3. The average Bonchev–Trinajstić information content (AvgIpc) is 2.36. The number of rotatable bonds is 0. The number of allylic oxidation sites excluding steroid dienone is 4. The van der Waals surface area contributed by atoms with Crippen LogP contribution in [0.3, 0.4) is 0 Å². The first-order chi connectivity index (χ1) is 5.43. The van der Waals surface area contributed by atoms with Gasteiger partial charge in [0.15, 0.2) is 0 Å². The number of hydrogen-bond donors (Lipinski definition) is 0. The molecule has 0 amide bonds. The van der Waals surface area contributed by atoms with Crippen LogP contribution in [0.5, 0.6) is 0 Å². The third-order valence-corrected chi connectivity index (χ3v) is 8.91. The summed E-state index contributed by atoms with van der Waals surface area (Å²) in [6, 6.07) is 0. The Morgan fingerprint density at radius 1 is 0.750 bits per heavy atom. The summed E-state index contributed by atoms with van der Waals surface area (Å²) in [6.45, 7) is 9.75. The molecule has 64 valence electrons. The molecule has 0 aliphatic carbocycles. The molecule has 0 N–H and O–H groups in total. The van der Waals surface area contributed by atoms with Crippen LogP contribution in [0.15, 0.2) is 33.9 Å². The highest BCUT2D eigenvalue weighted by molar-refractivity contribution is 6.98. The van der Waals surface area contributed by atoms with E-state index in [0.29, 0.717) is 0 Å². The molecule has 0 bridgehead atoms. The minimum atomic E-state index is -1.11. The van der Waals surface area contributed by atoms with Crippen molar-refractivity contribution in [1.82, 2.24) is 0 Å². The van der Waals surface area contributed by atoms with Crippen molar-refractivity contribution < 1.29 is 0 Å². The molecule has 0 atom stereocenters. The summed E-state index contributed by atoms with van der Waals surface area (Å²) in [5, 5.41) is 3.42. The lowest BCUT2D eigenvalue weighted by atomic mass is 10.5. The Labute approximate surface area is 76.7 Å². The van der Waals surface area contributed by atoms with Crippen LogP contribution in [0.4, 0.5) is 0 Å². The van der Waals surface area contributed by atoms with Crippen molar-refractivity contribution in [3.63, 3.8) is 0 Å². The van der Waals surface area contributed by atoms with Crippen LogP contribution in [0.25, 0.3) is 0 Å². The van der Waals surface area contributed by atoms with Crippen LogP contribution in [0.1, 0.15) is 0 Å². The van der Waals surface area contributed by atoms with Gasteiger partial charge in [0.25, 0.3) is 0 Å². The maximum atomic E-state index is 2.48. The second-order valence-electron chi connectivity index (χ2n) is 4.94. The Kier molecular flexibility index (Phi) is 1.46. The second kappa shape index (κ2) is 2.12. The first-order valence-corrected chi connectivity index (χ1v) is 10.7. The maximum Gasteiger partial charge on any atom is 0.104 e. The predicted octanol–water partition coefficient (Wildman–Crippen LogP) is 3.00. The average molecular weight is 192 g/mol. The molecule has 12 heavy (non-hydrogen) atoms. The first-order valence-electron chi connectivity index (χ1n) is 4.57. The van der Waals surface area contributed by atoms with E-state index in [4.69, 9.17) is 0 Å². The smallest absolute Gasteiger partial charge is 0.0904 e. The molecule has 2 heterocycles. The summed E-state index contributed by atoms with van der Waals surface area (Å²) in [6.07, 6.45) is 4.82. The van der Waals surface area contributed by atoms with E-state index in [1.807, 2.05) is 0 Å². The third kappa shape index (κ3) is 0.945. The zero-order valence-electron chi connectivity index (χ0n) is 8.31. The lowest BCUT2D eigenvalue weighted by Gasteiger charge is -2.16. The molecule has 2 heteroatoms. The maximum absolute atomic E-state index is 2.48. The zero-order valence-corrected chi connectivity index (χ0v) is 10.3. The first kappa shape index (κ1) is 8.26. The van der Waals surface area contributed by atoms with E-state index in [1.165, 1.54) is 0 Å². The summed E-state index contributed by atoms with van der Waals surface area (Å²) in [4.78, 5) is 0. The fourth-order valence-corrected chi connectivity index (χ4v) is 8.44. The van der Waals surface area contributed by atoms with E-state index in [0.717, 1.165) is 0 Å². The van der Waals surface area contributed by atoms with Gasteiger partial charge in [-0.05, 0) is 0 Å². The molecular formula is C10H16Si2. The number of hydrogen-bond acceptors (Lipinski definition) is 0. The van der Waals surface area contributed by atoms with Crippen LogP contribution < -0.4 is 0 Å². The molecule has 0 fully saturated rings. The highest BCUT2D eigenvalue weighted by atomic mass is 28.3. The fourth-order valence-electron chi connectivity index (χ4n) is 2.07. The summed E-state index contributed by atoms with van der Waals surface area (Å²) >= 11 is 0. The minimum absolute atomic E-state index is 1.11. The molecule has 0 aromatic rings. The Morgan fingerprint density at radius 3 is 1.42 bits per heavy atom. The van der Waals surface area contributed by atoms with Gasteiger partial charge in [-0.1, -0.05) is 60.1 Å². The van der Waals surface area contributed by atoms with Gasteiger partial charge in [-0.2, -0.15) is 0 Å². The van der Waals surface area contributed by atoms with Crippen LogP contribution in [0.2, 0.25) is 26.2 Å². The van der Waals surface area contributed by atoms with E-state index in [2.05, 4.69) is 49.7 Å². The topological polar surface area (TPSA) is 0 Å². The standard InChI is InChI=1S/C10H16Si2/c1-11(2)7-5-10-9(11)6-8-12(10,3)4/h5-8H,1-4H3. The molecule has 0 saturated heterocycles. The van der Waals surface area contributed by atoms with Crippen molar-refractivity contribution in [3.8, 4) is 0 Å². The van der Waals surface area contributed by atoms with E-state index in [1.54, 1.807) is 10.4 Å². The molecule has 2 aliphatic heterocycles. The van der Waals surface area contributed by atoms with E-state index in [9.17, 15) is 0 Å². The molecule has 0 saturated carbocycles. The molecule has 0 spiro atoms. The molecule has 0 aromatic heterocycles. The van der Waals surface area contributed by atoms with Gasteiger partial charge in [0.05, 0.1) is 0 Å². The van der Waals surface area contributed by atoms with Gasteiger partial charge >= 0.3 is 0 Å². The van der Waals surface area contributed by atoms with Crippen molar-refractivity contribution in [2.75, 3.05) is 0 Å². The molecule has 2 aliphatic rings.